The van der Waals surface area contributed by atoms with Crippen LogP contribution in [0.3, 0.4) is 0 Å². The van der Waals surface area contributed by atoms with Gasteiger partial charge in [-0.05, 0) is 37.5 Å². The summed E-state index contributed by atoms with van der Waals surface area (Å²) in [6.45, 7) is 6.23. The lowest BCUT2D eigenvalue weighted by Gasteiger charge is -2.24. The Bertz CT molecular complexity index is 834. The lowest BCUT2D eigenvalue weighted by molar-refractivity contribution is 0.0646. The fraction of sp³-hybridized carbons (Fsp3) is 0.409. The fourth-order valence-corrected chi connectivity index (χ4v) is 3.68. The Morgan fingerprint density at radius 1 is 1.15 bits per heavy atom. The van der Waals surface area contributed by atoms with Gasteiger partial charge in [-0.15, -0.1) is 0 Å². The third-order valence-corrected chi connectivity index (χ3v) is 5.04. The maximum absolute atomic E-state index is 5.88. The molecular formula is C22H27N3O2. The summed E-state index contributed by atoms with van der Waals surface area (Å²) in [5, 5.41) is 0. The molecule has 0 saturated carbocycles. The molecule has 142 valence electrons. The zero-order chi connectivity index (χ0) is 18.5. The molecule has 1 fully saturated rings. The van der Waals surface area contributed by atoms with Gasteiger partial charge in [0.05, 0.1) is 24.7 Å². The van der Waals surface area contributed by atoms with Crippen LogP contribution in [0.2, 0.25) is 0 Å². The van der Waals surface area contributed by atoms with Crippen molar-refractivity contribution < 1.29 is 9.15 Å². The Balaban J connectivity index is 1.48. The van der Waals surface area contributed by atoms with E-state index < -0.39 is 0 Å². The van der Waals surface area contributed by atoms with Crippen LogP contribution >= 0.6 is 0 Å². The second-order valence-electron chi connectivity index (χ2n) is 7.32. The second-order valence-corrected chi connectivity index (χ2v) is 7.32. The Kier molecular flexibility index (Phi) is 5.70. The van der Waals surface area contributed by atoms with Gasteiger partial charge in [0, 0.05) is 32.4 Å². The molecule has 1 saturated heterocycles. The summed E-state index contributed by atoms with van der Waals surface area (Å²) >= 11 is 0. The minimum Gasteiger partial charge on any atom is -0.465 e. The van der Waals surface area contributed by atoms with Gasteiger partial charge in [0.1, 0.15) is 11.5 Å². The minimum absolute atomic E-state index is 0.312. The first-order valence-corrected chi connectivity index (χ1v) is 9.68. The summed E-state index contributed by atoms with van der Waals surface area (Å²) < 4.78 is 13.9. The molecule has 1 aliphatic rings. The standard InChI is InChI=1S/C22H27N3O2/c1-18-9-10-22(27-18)16-24(15-21-8-5-11-26-21)14-20-12-23-17-25(20)13-19-6-3-2-4-7-19/h2-4,6-7,9-10,12,17,21H,5,8,11,13-16H2,1H3. The first-order chi connectivity index (χ1) is 13.3. The molecule has 5 nitrogen and oxygen atoms in total. The van der Waals surface area contributed by atoms with Crippen LogP contribution in [0.5, 0.6) is 0 Å². The predicted octanol–water partition coefficient (Wildman–Crippen LogP) is 4.01. The zero-order valence-corrected chi connectivity index (χ0v) is 15.9. The quantitative estimate of drug-likeness (QED) is 0.605. The van der Waals surface area contributed by atoms with Crippen molar-refractivity contribution in [1.82, 2.24) is 14.5 Å². The molecule has 0 bridgehead atoms. The number of furan rings is 1. The van der Waals surface area contributed by atoms with Gasteiger partial charge < -0.3 is 13.7 Å². The summed E-state index contributed by atoms with van der Waals surface area (Å²) in [6.07, 6.45) is 6.50. The SMILES string of the molecule is Cc1ccc(CN(Cc2cncn2Cc2ccccc2)CC2CCCO2)o1. The highest BCUT2D eigenvalue weighted by Gasteiger charge is 2.21. The van der Waals surface area contributed by atoms with E-state index in [0.717, 1.165) is 57.1 Å². The van der Waals surface area contributed by atoms with Crippen LogP contribution in [0.15, 0.2) is 59.4 Å². The lowest BCUT2D eigenvalue weighted by atomic mass is 10.2. The average Bonchev–Trinajstić information content (AvgIpc) is 3.41. The molecule has 2 aromatic heterocycles. The Labute approximate surface area is 160 Å². The molecule has 0 amide bonds. The van der Waals surface area contributed by atoms with Gasteiger partial charge >= 0.3 is 0 Å². The molecule has 0 radical (unpaired) electrons. The van der Waals surface area contributed by atoms with E-state index in [0.29, 0.717) is 6.10 Å². The number of imidazole rings is 1. The van der Waals surface area contributed by atoms with Crippen molar-refractivity contribution in [3.63, 3.8) is 0 Å². The van der Waals surface area contributed by atoms with Gasteiger partial charge in [-0.3, -0.25) is 4.90 Å². The number of rotatable bonds is 8. The van der Waals surface area contributed by atoms with Crippen molar-refractivity contribution in [2.24, 2.45) is 0 Å². The van der Waals surface area contributed by atoms with Crippen LogP contribution in [-0.4, -0.2) is 33.7 Å². The normalized spacial score (nSPS) is 17.0. The van der Waals surface area contributed by atoms with Crippen LogP contribution in [0.1, 0.15) is 35.6 Å². The number of hydrogen-bond donors (Lipinski definition) is 0. The van der Waals surface area contributed by atoms with E-state index in [-0.39, 0.29) is 0 Å². The fourth-order valence-electron chi connectivity index (χ4n) is 3.68. The van der Waals surface area contributed by atoms with Crippen molar-refractivity contribution in [2.75, 3.05) is 13.2 Å². The Morgan fingerprint density at radius 3 is 2.78 bits per heavy atom. The molecule has 1 unspecified atom stereocenters. The molecule has 5 heteroatoms. The van der Waals surface area contributed by atoms with E-state index in [1.165, 1.54) is 11.3 Å². The maximum Gasteiger partial charge on any atom is 0.118 e. The largest absolute Gasteiger partial charge is 0.465 e. The highest BCUT2D eigenvalue weighted by atomic mass is 16.5. The van der Waals surface area contributed by atoms with Gasteiger partial charge in [0.15, 0.2) is 0 Å². The van der Waals surface area contributed by atoms with E-state index in [2.05, 4.69) is 44.8 Å². The number of aromatic nitrogens is 2. The van der Waals surface area contributed by atoms with Gasteiger partial charge in [-0.25, -0.2) is 4.98 Å². The third-order valence-electron chi connectivity index (χ3n) is 5.04. The second kappa shape index (κ2) is 8.55. The van der Waals surface area contributed by atoms with Crippen molar-refractivity contribution >= 4 is 0 Å². The van der Waals surface area contributed by atoms with Crippen LogP contribution in [0, 0.1) is 6.92 Å². The first kappa shape index (κ1) is 18.0. The summed E-state index contributed by atoms with van der Waals surface area (Å²) in [5.41, 5.74) is 2.49. The monoisotopic (exact) mass is 365 g/mol. The third kappa shape index (κ3) is 4.87. The predicted molar refractivity (Wildman–Crippen MR) is 104 cm³/mol. The summed E-state index contributed by atoms with van der Waals surface area (Å²) in [4.78, 5) is 6.81. The molecule has 1 aromatic carbocycles. The average molecular weight is 365 g/mol. The van der Waals surface area contributed by atoms with E-state index >= 15 is 0 Å². The van der Waals surface area contributed by atoms with Gasteiger partial charge in [0.2, 0.25) is 0 Å². The number of aryl methyl sites for hydroxylation is 1. The number of hydrogen-bond acceptors (Lipinski definition) is 4. The van der Waals surface area contributed by atoms with Crippen molar-refractivity contribution in [1.29, 1.82) is 0 Å². The molecule has 1 atom stereocenters. The van der Waals surface area contributed by atoms with Gasteiger partial charge in [-0.2, -0.15) is 0 Å². The maximum atomic E-state index is 5.88. The van der Waals surface area contributed by atoms with E-state index in [1.54, 1.807) is 0 Å². The van der Waals surface area contributed by atoms with Crippen LogP contribution < -0.4 is 0 Å². The minimum atomic E-state index is 0.312. The van der Waals surface area contributed by atoms with Gasteiger partial charge in [-0.1, -0.05) is 30.3 Å². The zero-order valence-electron chi connectivity index (χ0n) is 15.9. The van der Waals surface area contributed by atoms with E-state index in [1.807, 2.05) is 31.6 Å². The van der Waals surface area contributed by atoms with Crippen molar-refractivity contribution in [3.8, 4) is 0 Å². The summed E-state index contributed by atoms with van der Waals surface area (Å²) in [7, 11) is 0. The van der Waals surface area contributed by atoms with Crippen LogP contribution in [0.25, 0.3) is 0 Å². The first-order valence-electron chi connectivity index (χ1n) is 9.68. The molecule has 3 heterocycles. The molecule has 27 heavy (non-hydrogen) atoms. The van der Waals surface area contributed by atoms with Crippen molar-refractivity contribution in [2.45, 2.75) is 45.5 Å². The highest BCUT2D eigenvalue weighted by molar-refractivity contribution is 5.16. The van der Waals surface area contributed by atoms with E-state index in [9.17, 15) is 0 Å². The molecular weight excluding hydrogens is 338 g/mol. The number of nitrogens with zero attached hydrogens (tertiary/aromatic N) is 3. The number of benzene rings is 1. The Morgan fingerprint density at radius 2 is 2.04 bits per heavy atom. The molecule has 4 rings (SSSR count). The van der Waals surface area contributed by atoms with Crippen LogP contribution in [0.4, 0.5) is 0 Å². The topological polar surface area (TPSA) is 43.4 Å². The van der Waals surface area contributed by atoms with Gasteiger partial charge in [0.25, 0.3) is 0 Å². The molecule has 0 aliphatic carbocycles. The summed E-state index contributed by atoms with van der Waals surface area (Å²) in [6, 6.07) is 14.6. The molecule has 1 aliphatic heterocycles. The smallest absolute Gasteiger partial charge is 0.118 e. The van der Waals surface area contributed by atoms with E-state index in [4.69, 9.17) is 9.15 Å². The Hall–Kier alpha value is -2.37. The van der Waals surface area contributed by atoms with Crippen molar-refractivity contribution in [3.05, 3.63) is 77.8 Å². The molecule has 0 N–H and O–H groups in total. The van der Waals surface area contributed by atoms with Crippen LogP contribution in [-0.2, 0) is 24.4 Å². The molecule has 0 spiro atoms. The summed E-state index contributed by atoms with van der Waals surface area (Å²) in [5.74, 6) is 1.95. The lowest BCUT2D eigenvalue weighted by Crippen LogP contribution is -2.32. The highest BCUT2D eigenvalue weighted by Crippen LogP contribution is 2.18. The molecule has 3 aromatic rings. The number of ether oxygens (including phenoxy) is 1.